The van der Waals surface area contributed by atoms with Gasteiger partial charge in [-0.25, -0.2) is 0 Å². The van der Waals surface area contributed by atoms with Crippen molar-refractivity contribution in [2.75, 3.05) is 0 Å². The van der Waals surface area contributed by atoms with Crippen molar-refractivity contribution in [3.8, 4) is 0 Å². The van der Waals surface area contributed by atoms with Crippen LogP contribution in [0.2, 0.25) is 0 Å². The van der Waals surface area contributed by atoms with Crippen LogP contribution < -0.4 is 40.4 Å². The second kappa shape index (κ2) is 16.9. The van der Waals surface area contributed by atoms with Crippen LogP contribution in [0.4, 0.5) is 0 Å². The van der Waals surface area contributed by atoms with Gasteiger partial charge in [-0.2, -0.15) is 0 Å². The number of hydrogen-bond acceptors (Lipinski definition) is 4. The molecule has 0 aromatic heterocycles. The topological polar surface area (TPSA) is 103 Å². The Morgan fingerprint density at radius 2 is 1.50 bits per heavy atom. The van der Waals surface area contributed by atoms with Crippen LogP contribution in [0.1, 0.15) is 58.8 Å². The third-order valence-electron chi connectivity index (χ3n) is 2.24. The normalized spacial score (nSPS) is 13.9. The van der Waals surface area contributed by atoms with Crippen LogP contribution in [0.15, 0.2) is 0 Å². The van der Waals surface area contributed by atoms with Crippen LogP contribution in [0.25, 0.3) is 0 Å². The summed E-state index contributed by atoms with van der Waals surface area (Å²) in [6, 6.07) is 0.536. The summed E-state index contributed by atoms with van der Waals surface area (Å²) in [5.74, 6) is -1.74. The first-order chi connectivity index (χ1) is 7.93. The van der Waals surface area contributed by atoms with Gasteiger partial charge in [0.2, 0.25) is 0 Å². The first-order valence-corrected chi connectivity index (χ1v) is 6.11. The average Bonchev–Trinajstić information content (AvgIpc) is 2.31. The number of rotatable bonds is 2. The monoisotopic (exact) mass is 269 g/mol. The molecule has 1 fully saturated rings. The van der Waals surface area contributed by atoms with Gasteiger partial charge in [-0.3, -0.25) is 4.79 Å². The van der Waals surface area contributed by atoms with Crippen molar-refractivity contribution in [3.05, 3.63) is 0 Å². The zero-order valence-corrected chi connectivity index (χ0v) is 13.8. The predicted molar refractivity (Wildman–Crippen MR) is 64.3 cm³/mol. The molecule has 1 saturated carbocycles. The maximum atomic E-state index is 9.37. The standard InChI is InChI=1S/C6H13N.2C3H6O2.Na/c7-6-4-2-1-3-5-6;2*1-2-3(4)5;/h6H,1-5,7H2;2*2H2,1H3,(H,4,5);/q;;;+1/p-1. The van der Waals surface area contributed by atoms with E-state index in [9.17, 15) is 14.7 Å². The number of hydrogen-bond donors (Lipinski definition) is 2. The van der Waals surface area contributed by atoms with E-state index in [1.54, 1.807) is 6.92 Å². The van der Waals surface area contributed by atoms with E-state index in [0.717, 1.165) is 0 Å². The molecule has 0 aromatic rings. The molecule has 5 nitrogen and oxygen atoms in total. The maximum absolute atomic E-state index is 9.37. The van der Waals surface area contributed by atoms with E-state index in [1.807, 2.05) is 0 Å². The van der Waals surface area contributed by atoms with Crippen LogP contribution >= 0.6 is 0 Å². The van der Waals surface area contributed by atoms with Gasteiger partial charge in [-0.1, -0.05) is 33.1 Å². The molecule has 1 aliphatic carbocycles. The van der Waals surface area contributed by atoms with E-state index in [-0.39, 0.29) is 42.4 Å². The van der Waals surface area contributed by atoms with Gasteiger partial charge < -0.3 is 20.7 Å². The number of nitrogens with two attached hydrogens (primary N) is 1. The Balaban J connectivity index is -0.000000188. The molecule has 0 radical (unpaired) electrons. The second-order valence-electron chi connectivity index (χ2n) is 3.87. The molecule has 0 atom stereocenters. The Labute approximate surface area is 131 Å². The SMILES string of the molecule is CCC(=O)O.CCC(=O)[O-].NC1CCCCC1.[Na+]. The first-order valence-electron chi connectivity index (χ1n) is 6.11. The minimum Gasteiger partial charge on any atom is -0.550 e. The van der Waals surface area contributed by atoms with E-state index in [4.69, 9.17) is 10.8 Å². The molecule has 0 aromatic carbocycles. The summed E-state index contributed by atoms with van der Waals surface area (Å²) in [5, 5.41) is 17.0. The van der Waals surface area contributed by atoms with Gasteiger partial charge in [-0.15, -0.1) is 0 Å². The number of carbonyl (C=O) groups is 2. The molecule has 6 heteroatoms. The van der Waals surface area contributed by atoms with Crippen molar-refractivity contribution >= 4 is 11.9 Å². The summed E-state index contributed by atoms with van der Waals surface area (Å²) < 4.78 is 0. The van der Waals surface area contributed by atoms with Gasteiger partial charge in [0.05, 0.1) is 0 Å². The molecule has 0 amide bonds. The van der Waals surface area contributed by atoms with Crippen molar-refractivity contribution < 1.29 is 49.4 Å². The van der Waals surface area contributed by atoms with Crippen LogP contribution in [0.3, 0.4) is 0 Å². The van der Waals surface area contributed by atoms with Crippen molar-refractivity contribution in [2.24, 2.45) is 5.73 Å². The summed E-state index contributed by atoms with van der Waals surface area (Å²) in [7, 11) is 0. The zero-order chi connectivity index (χ0) is 13.7. The minimum absolute atomic E-state index is 0. The maximum Gasteiger partial charge on any atom is 1.00 e. The van der Waals surface area contributed by atoms with Gasteiger partial charge in [0.15, 0.2) is 0 Å². The van der Waals surface area contributed by atoms with Gasteiger partial charge >= 0.3 is 35.5 Å². The largest absolute Gasteiger partial charge is 1.00 e. The van der Waals surface area contributed by atoms with E-state index in [2.05, 4.69) is 0 Å². The molecular weight excluding hydrogens is 245 g/mol. The van der Waals surface area contributed by atoms with Crippen LogP contribution in [0.5, 0.6) is 0 Å². The van der Waals surface area contributed by atoms with Crippen molar-refractivity contribution in [2.45, 2.75) is 64.8 Å². The summed E-state index contributed by atoms with van der Waals surface area (Å²) in [6.45, 7) is 3.14. The van der Waals surface area contributed by atoms with E-state index in [1.165, 1.54) is 39.0 Å². The molecule has 0 heterocycles. The predicted octanol–water partition coefficient (Wildman–Crippen LogP) is -2.09. The fourth-order valence-electron chi connectivity index (χ4n) is 1.13. The Morgan fingerprint density at radius 1 is 1.17 bits per heavy atom. The van der Waals surface area contributed by atoms with Gasteiger partial charge in [0.1, 0.15) is 0 Å². The Kier molecular flexibility index (Phi) is 21.6. The summed E-state index contributed by atoms with van der Waals surface area (Å²) in [4.78, 5) is 18.6. The molecule has 0 unspecified atom stereocenters. The van der Waals surface area contributed by atoms with Crippen molar-refractivity contribution in [3.63, 3.8) is 0 Å². The molecule has 102 valence electrons. The smallest absolute Gasteiger partial charge is 0.550 e. The van der Waals surface area contributed by atoms with Gasteiger partial charge in [-0.05, 0) is 19.3 Å². The number of carbonyl (C=O) groups excluding carboxylic acids is 1. The number of aliphatic carboxylic acids is 2. The second-order valence-corrected chi connectivity index (χ2v) is 3.87. The molecular formula is C12H24NNaO4. The number of carboxylic acids is 2. The fourth-order valence-corrected chi connectivity index (χ4v) is 1.13. The zero-order valence-electron chi connectivity index (χ0n) is 11.8. The summed E-state index contributed by atoms with van der Waals surface area (Å²) in [6.07, 6.45) is 7.00. The Morgan fingerprint density at radius 3 is 1.61 bits per heavy atom. The van der Waals surface area contributed by atoms with Gasteiger partial charge in [0, 0.05) is 18.4 Å². The minimum atomic E-state index is -0.995. The fraction of sp³-hybridized carbons (Fsp3) is 0.833. The van der Waals surface area contributed by atoms with Crippen molar-refractivity contribution in [1.29, 1.82) is 0 Å². The Bertz CT molecular complexity index is 192. The van der Waals surface area contributed by atoms with Crippen LogP contribution in [0, 0.1) is 0 Å². The van der Waals surface area contributed by atoms with Crippen molar-refractivity contribution in [1.82, 2.24) is 0 Å². The van der Waals surface area contributed by atoms with E-state index < -0.39 is 11.9 Å². The molecule has 0 saturated heterocycles. The molecule has 1 aliphatic rings. The summed E-state index contributed by atoms with van der Waals surface area (Å²) in [5.41, 5.74) is 5.63. The van der Waals surface area contributed by atoms with E-state index >= 15 is 0 Å². The molecule has 18 heavy (non-hydrogen) atoms. The first kappa shape index (κ1) is 23.0. The third-order valence-corrected chi connectivity index (χ3v) is 2.24. The third kappa shape index (κ3) is 24.9. The molecule has 1 rings (SSSR count). The molecule has 0 bridgehead atoms. The number of carboxylic acid groups (broad SMARTS) is 2. The molecule has 0 spiro atoms. The van der Waals surface area contributed by atoms with Crippen LogP contribution in [-0.4, -0.2) is 23.1 Å². The van der Waals surface area contributed by atoms with Crippen LogP contribution in [-0.2, 0) is 9.59 Å². The van der Waals surface area contributed by atoms with Gasteiger partial charge in [0.25, 0.3) is 0 Å². The van der Waals surface area contributed by atoms with E-state index in [0.29, 0.717) is 6.04 Å². The molecule has 0 aliphatic heterocycles. The molecule has 3 N–H and O–H groups in total. The average molecular weight is 269 g/mol. The summed E-state index contributed by atoms with van der Waals surface area (Å²) >= 11 is 0. The quantitative estimate of drug-likeness (QED) is 0.559. The Hall–Kier alpha value is -0.100.